The Bertz CT molecular complexity index is 2080. The maximum absolute atomic E-state index is 12.8. The summed E-state index contributed by atoms with van der Waals surface area (Å²) in [5.74, 6) is -0.0529. The minimum absolute atomic E-state index is 0.00349. The van der Waals surface area contributed by atoms with E-state index in [1.54, 1.807) is 12.1 Å². The number of carbonyl (C=O) groups excluding carboxylic acids is 2. The van der Waals surface area contributed by atoms with E-state index >= 15 is 0 Å². The number of hydrogen-bond donors (Lipinski definition) is 5. The molecule has 1 aliphatic rings. The van der Waals surface area contributed by atoms with Gasteiger partial charge in [-0.05, 0) is 72.3 Å². The third-order valence-corrected chi connectivity index (χ3v) is 11.2. The van der Waals surface area contributed by atoms with Crippen LogP contribution in [0.4, 0.5) is 11.4 Å². The summed E-state index contributed by atoms with van der Waals surface area (Å²) in [7, 11) is 2.01. The van der Waals surface area contributed by atoms with E-state index in [0.717, 1.165) is 64.6 Å². The third-order valence-electron chi connectivity index (χ3n) is 11.2. The number of benzene rings is 5. The zero-order chi connectivity index (χ0) is 41.6. The average Bonchev–Trinajstić information content (AvgIpc) is 3.27. The number of likely N-dealkylation sites (N-methyl/N-ethyl adjacent to an activating group) is 1. The first kappa shape index (κ1) is 43.2. The largest absolute Gasteiger partial charge is 0.397 e. The molecule has 0 aliphatic carbocycles. The van der Waals surface area contributed by atoms with Gasteiger partial charge in [0.2, 0.25) is 11.8 Å². The number of hydrogen-bond acceptors (Lipinski definition) is 8. The Balaban J connectivity index is 1.03. The molecule has 10 nitrogen and oxygen atoms in total. The van der Waals surface area contributed by atoms with Crippen LogP contribution in [0.2, 0.25) is 0 Å². The smallest absolute Gasteiger partial charge is 0.224 e. The quantitative estimate of drug-likeness (QED) is 0.0413. The molecule has 1 aliphatic heterocycles. The predicted molar refractivity (Wildman–Crippen MR) is 233 cm³/mol. The van der Waals surface area contributed by atoms with Crippen molar-refractivity contribution < 1.29 is 29.3 Å². The van der Waals surface area contributed by atoms with Crippen LogP contribution < -0.4 is 16.4 Å². The number of nitrogen functional groups attached to an aromatic ring is 1. The van der Waals surface area contributed by atoms with Gasteiger partial charge in [0.05, 0.1) is 36.3 Å². The topological polar surface area (TPSA) is 146 Å². The molecular formula is C49H58N4O6. The van der Waals surface area contributed by atoms with Gasteiger partial charge in [-0.1, -0.05) is 128 Å². The molecule has 310 valence electrons. The van der Waals surface area contributed by atoms with Crippen molar-refractivity contribution in [1.82, 2.24) is 10.2 Å². The van der Waals surface area contributed by atoms with Crippen molar-refractivity contribution in [3.8, 4) is 11.1 Å². The Labute approximate surface area is 348 Å². The monoisotopic (exact) mass is 798 g/mol. The summed E-state index contributed by atoms with van der Waals surface area (Å²) < 4.78 is 13.3. The number of para-hydroxylation sites is 2. The Kier molecular flexibility index (Phi) is 15.8. The fourth-order valence-electron chi connectivity index (χ4n) is 7.50. The predicted octanol–water partition coefficient (Wildman–Crippen LogP) is 8.62. The summed E-state index contributed by atoms with van der Waals surface area (Å²) in [5, 5.41) is 26.7. The Morgan fingerprint density at radius 3 is 2.14 bits per heavy atom. The van der Waals surface area contributed by atoms with Gasteiger partial charge in [0.1, 0.15) is 0 Å². The van der Waals surface area contributed by atoms with E-state index in [9.17, 15) is 19.8 Å². The maximum Gasteiger partial charge on any atom is 0.224 e. The number of unbranched alkanes of at least 4 members (excludes halogenated alkanes) is 3. The summed E-state index contributed by atoms with van der Waals surface area (Å²) >= 11 is 0. The standard InChI is InChI=1S/C49H58N4O6/c1-34(48(57)38-14-6-5-7-15-38)53(2)32-41-30-45(37-24-22-35(33-54)23-25-37)59-49(58-41)39-28-26-36(27-29-39)42-17-11-10-16-40(42)31-51-46(55)20-8-3-4-9-21-47(56)52-44-19-13-12-18-43(44)50/h5-7,10-19,22-29,34,41,45,48-49,54,57H,3-4,8-9,20-21,30-33,50H2,1-2H3,(H,51,55)(H,52,56)/t34-,41+,45-,48-,49-/m1/s1. The second-order valence-corrected chi connectivity index (χ2v) is 15.5. The number of aliphatic hydroxyl groups excluding tert-OH is 2. The third kappa shape index (κ3) is 12.3. The molecule has 5 aromatic rings. The van der Waals surface area contributed by atoms with Gasteiger partial charge in [-0.15, -0.1) is 0 Å². The molecule has 2 amide bonds. The van der Waals surface area contributed by atoms with Crippen LogP contribution >= 0.6 is 0 Å². The molecule has 1 heterocycles. The lowest BCUT2D eigenvalue weighted by Gasteiger charge is -2.39. The van der Waals surface area contributed by atoms with Crippen LogP contribution in [0.25, 0.3) is 11.1 Å². The molecule has 59 heavy (non-hydrogen) atoms. The van der Waals surface area contributed by atoms with Crippen molar-refractivity contribution in [2.45, 2.75) is 95.7 Å². The first-order chi connectivity index (χ1) is 28.7. The van der Waals surface area contributed by atoms with Gasteiger partial charge in [-0.3, -0.25) is 14.5 Å². The Morgan fingerprint density at radius 2 is 1.42 bits per heavy atom. The van der Waals surface area contributed by atoms with Gasteiger partial charge in [0.25, 0.3) is 0 Å². The number of amides is 2. The molecule has 10 heteroatoms. The molecule has 6 rings (SSSR count). The molecule has 0 saturated carbocycles. The molecular weight excluding hydrogens is 741 g/mol. The molecule has 0 aromatic heterocycles. The van der Waals surface area contributed by atoms with E-state index < -0.39 is 12.4 Å². The fraction of sp³-hybridized carbons (Fsp3) is 0.347. The van der Waals surface area contributed by atoms with E-state index in [-0.39, 0.29) is 36.7 Å². The van der Waals surface area contributed by atoms with Crippen molar-refractivity contribution in [1.29, 1.82) is 0 Å². The molecule has 0 spiro atoms. The highest BCUT2D eigenvalue weighted by Gasteiger charge is 2.34. The summed E-state index contributed by atoms with van der Waals surface area (Å²) in [6, 6.07) is 40.9. The normalized spacial score (nSPS) is 17.6. The second-order valence-electron chi connectivity index (χ2n) is 15.5. The minimum atomic E-state index is -0.646. The molecule has 5 aromatic carbocycles. The van der Waals surface area contributed by atoms with Gasteiger partial charge >= 0.3 is 0 Å². The second kappa shape index (κ2) is 21.6. The number of nitrogens with zero attached hydrogens (tertiary/aromatic N) is 1. The molecule has 0 unspecified atom stereocenters. The van der Waals surface area contributed by atoms with Crippen molar-refractivity contribution in [2.75, 3.05) is 24.6 Å². The highest BCUT2D eigenvalue weighted by atomic mass is 16.7. The van der Waals surface area contributed by atoms with E-state index in [2.05, 4.69) is 33.7 Å². The van der Waals surface area contributed by atoms with Crippen molar-refractivity contribution in [3.63, 3.8) is 0 Å². The fourth-order valence-corrected chi connectivity index (χ4v) is 7.50. The number of carbonyl (C=O) groups is 2. The first-order valence-electron chi connectivity index (χ1n) is 20.7. The molecule has 0 bridgehead atoms. The summed E-state index contributed by atoms with van der Waals surface area (Å²) in [6.07, 6.45) is 3.06. The summed E-state index contributed by atoms with van der Waals surface area (Å²) in [4.78, 5) is 27.2. The van der Waals surface area contributed by atoms with Gasteiger partial charge in [-0.2, -0.15) is 0 Å². The van der Waals surface area contributed by atoms with Crippen LogP contribution in [0.15, 0.2) is 127 Å². The van der Waals surface area contributed by atoms with Crippen LogP contribution in [-0.4, -0.2) is 52.7 Å². The van der Waals surface area contributed by atoms with Crippen molar-refractivity contribution >= 4 is 23.2 Å². The van der Waals surface area contributed by atoms with Gasteiger partial charge in [0.15, 0.2) is 6.29 Å². The van der Waals surface area contributed by atoms with E-state index in [1.807, 2.05) is 111 Å². The van der Waals surface area contributed by atoms with Crippen LogP contribution in [0.1, 0.15) is 98.2 Å². The van der Waals surface area contributed by atoms with Crippen LogP contribution in [0, 0.1) is 0 Å². The van der Waals surface area contributed by atoms with Gasteiger partial charge < -0.3 is 36.1 Å². The van der Waals surface area contributed by atoms with Gasteiger partial charge in [0, 0.05) is 44.0 Å². The first-order valence-corrected chi connectivity index (χ1v) is 20.7. The van der Waals surface area contributed by atoms with Crippen LogP contribution in [0.3, 0.4) is 0 Å². The Morgan fingerprint density at radius 1 is 0.780 bits per heavy atom. The summed E-state index contributed by atoms with van der Waals surface area (Å²) in [5.41, 5.74) is 13.8. The highest BCUT2D eigenvalue weighted by Crippen LogP contribution is 2.39. The molecule has 1 saturated heterocycles. The SMILES string of the molecule is C[C@H]([C@@H](O)c1ccccc1)N(C)C[C@@H]1C[C@H](c2ccc(CO)cc2)O[C@H](c2ccc(-c3ccccc3CNC(=O)CCCCCCC(=O)Nc3ccccc3N)cc2)O1. The molecule has 0 radical (unpaired) electrons. The van der Waals surface area contributed by atoms with Crippen LogP contribution in [0.5, 0.6) is 0 Å². The number of aliphatic hydroxyl groups is 2. The Hall–Kier alpha value is -5.36. The lowest BCUT2D eigenvalue weighted by Crippen LogP contribution is -2.43. The number of ether oxygens (including phenoxy) is 2. The highest BCUT2D eigenvalue weighted by molar-refractivity contribution is 5.93. The van der Waals surface area contributed by atoms with E-state index in [0.29, 0.717) is 43.7 Å². The molecule has 5 atom stereocenters. The lowest BCUT2D eigenvalue weighted by molar-refractivity contribution is -0.253. The summed E-state index contributed by atoms with van der Waals surface area (Å²) in [6.45, 7) is 3.01. The van der Waals surface area contributed by atoms with E-state index in [4.69, 9.17) is 15.2 Å². The lowest BCUT2D eigenvalue weighted by atomic mass is 9.97. The van der Waals surface area contributed by atoms with Crippen LogP contribution in [-0.2, 0) is 32.2 Å². The minimum Gasteiger partial charge on any atom is -0.397 e. The molecule has 6 N–H and O–H groups in total. The number of nitrogens with two attached hydrogens (primary N) is 1. The number of anilines is 2. The zero-order valence-corrected chi connectivity index (χ0v) is 34.1. The van der Waals surface area contributed by atoms with Gasteiger partial charge in [-0.25, -0.2) is 0 Å². The van der Waals surface area contributed by atoms with E-state index in [1.165, 1.54) is 0 Å². The van der Waals surface area contributed by atoms with Crippen molar-refractivity contribution in [2.24, 2.45) is 0 Å². The zero-order valence-electron chi connectivity index (χ0n) is 34.1. The molecule has 1 fully saturated rings. The number of nitrogens with one attached hydrogen (secondary N) is 2. The average molecular weight is 799 g/mol. The number of rotatable bonds is 19. The van der Waals surface area contributed by atoms with Crippen molar-refractivity contribution in [3.05, 3.63) is 155 Å². The maximum atomic E-state index is 12.8.